The van der Waals surface area contributed by atoms with Crippen LogP contribution in [0, 0.1) is 0 Å². The van der Waals surface area contributed by atoms with Gasteiger partial charge in [-0.1, -0.05) is 0 Å². The van der Waals surface area contributed by atoms with Crippen LogP contribution in [0.3, 0.4) is 0 Å². The molecule has 0 amide bonds. The number of fused-ring (bicyclic) bond motifs is 1. The molecule has 0 aromatic heterocycles. The molecule has 0 spiro atoms. The third kappa shape index (κ3) is 0.940. The van der Waals surface area contributed by atoms with Gasteiger partial charge in [0.25, 0.3) is 0 Å². The Bertz CT molecular complexity index is 323. The maximum Gasteiger partial charge on any atom is 0.138 e. The maximum absolute atomic E-state index is 9.32. The van der Waals surface area contributed by atoms with Crippen LogP contribution in [0.15, 0.2) is 12.1 Å². The quantitative estimate of drug-likeness (QED) is 0.394. The Hall–Kier alpha value is -1.22. The largest absolute Gasteiger partial charge is 0.506 e. The predicted octanol–water partition coefficient (Wildman–Crippen LogP) is 0.920. The van der Waals surface area contributed by atoms with Gasteiger partial charge in [0, 0.05) is 6.04 Å². The number of nitrogen functional groups attached to an aromatic ring is 1. The van der Waals surface area contributed by atoms with E-state index in [2.05, 4.69) is 0 Å². The predicted molar refractivity (Wildman–Crippen MR) is 47.8 cm³/mol. The molecule has 1 aliphatic carbocycles. The Morgan fingerprint density at radius 3 is 2.92 bits per heavy atom. The maximum atomic E-state index is 9.32. The molecule has 0 aliphatic heterocycles. The van der Waals surface area contributed by atoms with Crippen molar-refractivity contribution >= 4 is 5.69 Å². The topological polar surface area (TPSA) is 72.3 Å². The number of aryl methyl sites for hydroxylation is 1. The minimum absolute atomic E-state index is 0.0755. The van der Waals surface area contributed by atoms with Gasteiger partial charge in [-0.05, 0) is 36.1 Å². The molecule has 1 aliphatic rings. The fourth-order valence-electron chi connectivity index (χ4n) is 1.70. The lowest BCUT2D eigenvalue weighted by atomic mass is 10.1. The van der Waals surface area contributed by atoms with Crippen LogP contribution >= 0.6 is 0 Å². The van der Waals surface area contributed by atoms with Gasteiger partial charge in [-0.3, -0.25) is 0 Å². The molecule has 3 heteroatoms. The third-order valence-corrected chi connectivity index (χ3v) is 2.41. The summed E-state index contributed by atoms with van der Waals surface area (Å²) in [5.41, 5.74) is 14.0. The van der Waals surface area contributed by atoms with Crippen molar-refractivity contribution in [2.75, 3.05) is 5.73 Å². The summed E-state index contributed by atoms with van der Waals surface area (Å²) in [6, 6.07) is 3.58. The minimum atomic E-state index is 0.0755. The Kier molecular flexibility index (Phi) is 1.48. The standard InChI is InChI=1S/C9H12N2O/c10-7-2-1-5-3-8(11)9(12)4-6(5)7/h3-4,7,12H,1-2,10-11H2/t7-/m0/s1. The van der Waals surface area contributed by atoms with Crippen molar-refractivity contribution in [1.82, 2.24) is 0 Å². The molecule has 0 bridgehead atoms. The van der Waals surface area contributed by atoms with Crippen molar-refractivity contribution in [2.24, 2.45) is 5.73 Å². The first kappa shape index (κ1) is 7.43. The zero-order valence-corrected chi connectivity index (χ0v) is 6.75. The lowest BCUT2D eigenvalue weighted by Crippen LogP contribution is -2.05. The van der Waals surface area contributed by atoms with Crippen LogP contribution in [0.2, 0.25) is 0 Å². The summed E-state index contributed by atoms with van der Waals surface area (Å²) < 4.78 is 0. The Labute approximate surface area is 71.0 Å². The summed E-state index contributed by atoms with van der Waals surface area (Å²) in [5.74, 6) is 0.145. The van der Waals surface area contributed by atoms with E-state index in [0.29, 0.717) is 5.69 Å². The van der Waals surface area contributed by atoms with Gasteiger partial charge in [-0.2, -0.15) is 0 Å². The number of aromatic hydroxyl groups is 1. The van der Waals surface area contributed by atoms with Gasteiger partial charge >= 0.3 is 0 Å². The molecular formula is C9H12N2O. The molecule has 5 N–H and O–H groups in total. The molecule has 2 rings (SSSR count). The van der Waals surface area contributed by atoms with Gasteiger partial charge in [0.15, 0.2) is 0 Å². The van der Waals surface area contributed by atoms with Gasteiger partial charge in [-0.25, -0.2) is 0 Å². The molecule has 1 aromatic rings. The van der Waals surface area contributed by atoms with Crippen molar-refractivity contribution in [3.05, 3.63) is 23.3 Å². The molecule has 0 heterocycles. The molecule has 0 saturated heterocycles. The van der Waals surface area contributed by atoms with Crippen LogP contribution in [-0.2, 0) is 6.42 Å². The van der Waals surface area contributed by atoms with E-state index >= 15 is 0 Å². The van der Waals surface area contributed by atoms with Crippen molar-refractivity contribution in [2.45, 2.75) is 18.9 Å². The first-order valence-corrected chi connectivity index (χ1v) is 4.05. The van der Waals surface area contributed by atoms with E-state index in [1.54, 1.807) is 6.07 Å². The minimum Gasteiger partial charge on any atom is -0.506 e. The molecular weight excluding hydrogens is 152 g/mol. The van der Waals surface area contributed by atoms with Crippen LogP contribution < -0.4 is 11.5 Å². The zero-order chi connectivity index (χ0) is 8.72. The molecule has 0 saturated carbocycles. The van der Waals surface area contributed by atoms with Crippen LogP contribution in [0.4, 0.5) is 5.69 Å². The average Bonchev–Trinajstić information content (AvgIpc) is 2.35. The molecule has 1 atom stereocenters. The van der Waals surface area contributed by atoms with Crippen molar-refractivity contribution in [1.29, 1.82) is 0 Å². The average molecular weight is 164 g/mol. The number of rotatable bonds is 0. The fourth-order valence-corrected chi connectivity index (χ4v) is 1.70. The SMILES string of the molecule is Nc1cc2c(cc1O)[C@@H](N)CC2. The van der Waals surface area contributed by atoms with Crippen molar-refractivity contribution < 1.29 is 5.11 Å². The van der Waals surface area contributed by atoms with E-state index < -0.39 is 0 Å². The van der Waals surface area contributed by atoms with Gasteiger partial charge in [0.1, 0.15) is 5.75 Å². The number of phenolic OH excluding ortho intramolecular Hbond substituents is 1. The number of phenols is 1. The monoisotopic (exact) mass is 164 g/mol. The number of nitrogens with two attached hydrogens (primary N) is 2. The van der Waals surface area contributed by atoms with Gasteiger partial charge in [0.05, 0.1) is 5.69 Å². The Morgan fingerprint density at radius 2 is 2.17 bits per heavy atom. The normalized spacial score (nSPS) is 20.9. The van der Waals surface area contributed by atoms with Gasteiger partial charge in [0.2, 0.25) is 0 Å². The van der Waals surface area contributed by atoms with Crippen LogP contribution in [0.5, 0.6) is 5.75 Å². The number of anilines is 1. The molecule has 0 radical (unpaired) electrons. The van der Waals surface area contributed by atoms with Gasteiger partial charge in [-0.15, -0.1) is 0 Å². The highest BCUT2D eigenvalue weighted by Crippen LogP contribution is 2.34. The fraction of sp³-hybridized carbons (Fsp3) is 0.333. The highest BCUT2D eigenvalue weighted by atomic mass is 16.3. The molecule has 1 aromatic carbocycles. The molecule has 12 heavy (non-hydrogen) atoms. The van der Waals surface area contributed by atoms with E-state index in [-0.39, 0.29) is 11.8 Å². The first-order valence-electron chi connectivity index (χ1n) is 4.05. The second kappa shape index (κ2) is 2.38. The van der Waals surface area contributed by atoms with Crippen LogP contribution in [0.1, 0.15) is 23.6 Å². The van der Waals surface area contributed by atoms with E-state index in [0.717, 1.165) is 18.4 Å². The second-order valence-electron chi connectivity index (χ2n) is 3.26. The molecule has 3 nitrogen and oxygen atoms in total. The number of hydrogen-bond donors (Lipinski definition) is 3. The van der Waals surface area contributed by atoms with Crippen molar-refractivity contribution in [3.63, 3.8) is 0 Å². The highest BCUT2D eigenvalue weighted by Gasteiger charge is 2.20. The van der Waals surface area contributed by atoms with Crippen LogP contribution in [-0.4, -0.2) is 5.11 Å². The van der Waals surface area contributed by atoms with E-state index in [9.17, 15) is 5.11 Å². The van der Waals surface area contributed by atoms with E-state index in [4.69, 9.17) is 11.5 Å². The van der Waals surface area contributed by atoms with E-state index in [1.807, 2.05) is 6.07 Å². The van der Waals surface area contributed by atoms with Gasteiger partial charge < -0.3 is 16.6 Å². The number of hydrogen-bond acceptors (Lipinski definition) is 3. The lowest BCUT2D eigenvalue weighted by molar-refractivity contribution is 0.476. The first-order chi connectivity index (χ1) is 5.68. The third-order valence-electron chi connectivity index (χ3n) is 2.41. The summed E-state index contributed by atoms with van der Waals surface area (Å²) in [6.45, 7) is 0. The lowest BCUT2D eigenvalue weighted by Gasteiger charge is -2.06. The van der Waals surface area contributed by atoms with E-state index in [1.165, 1.54) is 5.56 Å². The highest BCUT2D eigenvalue weighted by molar-refractivity contribution is 5.57. The van der Waals surface area contributed by atoms with Crippen molar-refractivity contribution in [3.8, 4) is 5.75 Å². The zero-order valence-electron chi connectivity index (χ0n) is 6.75. The molecule has 64 valence electrons. The summed E-state index contributed by atoms with van der Waals surface area (Å²) in [5, 5.41) is 9.32. The second-order valence-corrected chi connectivity index (χ2v) is 3.26. The summed E-state index contributed by atoms with van der Waals surface area (Å²) in [7, 11) is 0. The smallest absolute Gasteiger partial charge is 0.138 e. The summed E-state index contributed by atoms with van der Waals surface area (Å²) in [6.07, 6.45) is 1.93. The van der Waals surface area contributed by atoms with Crippen LogP contribution in [0.25, 0.3) is 0 Å². The Morgan fingerprint density at radius 1 is 1.42 bits per heavy atom. The number of benzene rings is 1. The Balaban J connectivity index is 2.56. The summed E-state index contributed by atoms with van der Waals surface area (Å²) in [4.78, 5) is 0. The molecule has 0 fully saturated rings. The molecule has 0 unspecified atom stereocenters. The summed E-state index contributed by atoms with van der Waals surface area (Å²) >= 11 is 0.